The summed E-state index contributed by atoms with van der Waals surface area (Å²) in [6, 6.07) is 38.1. The van der Waals surface area contributed by atoms with E-state index in [4.69, 9.17) is 16.6 Å². The summed E-state index contributed by atoms with van der Waals surface area (Å²) in [6.07, 6.45) is 3.52. The van der Waals surface area contributed by atoms with E-state index in [-0.39, 0.29) is 20.1 Å². The molecule has 0 N–H and O–H groups in total. The van der Waals surface area contributed by atoms with Crippen molar-refractivity contribution in [1.82, 2.24) is 15.0 Å². The van der Waals surface area contributed by atoms with E-state index in [2.05, 4.69) is 70.6 Å². The molecule has 7 aromatic rings. The van der Waals surface area contributed by atoms with Crippen LogP contribution in [0.4, 0.5) is 0 Å². The Kier molecular flexibility index (Phi) is 6.47. The average Bonchev–Trinajstić information content (AvgIpc) is 3.29. The summed E-state index contributed by atoms with van der Waals surface area (Å²) < 4.78 is 0. The molecule has 0 bridgehead atoms. The second-order valence-electron chi connectivity index (χ2n) is 8.91. The molecule has 0 amide bonds. The van der Waals surface area contributed by atoms with Crippen molar-refractivity contribution in [3.63, 3.8) is 0 Å². The molecule has 8 rings (SSSR count). The summed E-state index contributed by atoms with van der Waals surface area (Å²) in [4.78, 5) is 13.5. The van der Waals surface area contributed by atoms with Crippen LogP contribution >= 0.6 is 11.6 Å². The van der Waals surface area contributed by atoms with Gasteiger partial charge in [-0.1, -0.05) is 60.1 Å². The van der Waals surface area contributed by atoms with Crippen LogP contribution in [0.3, 0.4) is 0 Å². The number of pyridine rings is 3. The normalized spacial score (nSPS) is 11.1. The van der Waals surface area contributed by atoms with Crippen LogP contribution < -0.4 is 0 Å². The number of rotatable bonds is 1. The molecule has 3 nitrogen and oxygen atoms in total. The molecule has 1 aliphatic rings. The number of fused-ring (bicyclic) bond motifs is 6. The zero-order chi connectivity index (χ0) is 24.8. The molecule has 5 heteroatoms. The van der Waals surface area contributed by atoms with Crippen LogP contribution in [-0.2, 0) is 20.1 Å². The maximum Gasteiger partial charge on any atom is 0.0979 e. The van der Waals surface area contributed by atoms with Gasteiger partial charge in [-0.2, -0.15) is 0 Å². The number of benzene rings is 4. The van der Waals surface area contributed by atoms with Gasteiger partial charge in [-0.15, -0.1) is 35.9 Å². The fraction of sp³-hybridized carbons (Fsp3) is 0. The average molecular weight is 685 g/mol. The van der Waals surface area contributed by atoms with E-state index in [9.17, 15) is 0 Å². The number of halogens is 1. The van der Waals surface area contributed by atoms with Crippen molar-refractivity contribution in [3.05, 3.63) is 127 Å². The fourth-order valence-corrected chi connectivity index (χ4v) is 5.37. The van der Waals surface area contributed by atoms with Gasteiger partial charge in [0.1, 0.15) is 0 Å². The van der Waals surface area contributed by atoms with Crippen LogP contribution in [0.5, 0.6) is 0 Å². The first kappa shape index (κ1) is 24.4. The predicted molar refractivity (Wildman–Crippen MR) is 152 cm³/mol. The second kappa shape index (κ2) is 10.1. The quantitative estimate of drug-likeness (QED) is 0.128. The van der Waals surface area contributed by atoms with E-state index in [1.54, 1.807) is 12.4 Å². The van der Waals surface area contributed by atoms with Crippen molar-refractivity contribution in [2.24, 2.45) is 0 Å². The Morgan fingerprint density at radius 2 is 1.37 bits per heavy atom. The van der Waals surface area contributed by atoms with Gasteiger partial charge >= 0.3 is 0 Å². The Balaban J connectivity index is 0.000000145. The van der Waals surface area contributed by atoms with Crippen molar-refractivity contribution in [2.45, 2.75) is 0 Å². The van der Waals surface area contributed by atoms with E-state index in [0.29, 0.717) is 0 Å². The Morgan fingerprint density at radius 1 is 0.632 bits per heavy atom. The summed E-state index contributed by atoms with van der Waals surface area (Å²) in [6.45, 7) is 0. The maximum atomic E-state index is 6.17. The van der Waals surface area contributed by atoms with Gasteiger partial charge in [-0.3, -0.25) is 15.0 Å². The van der Waals surface area contributed by atoms with E-state index < -0.39 is 0 Å². The second-order valence-corrected chi connectivity index (χ2v) is 9.32. The molecule has 0 spiro atoms. The molecule has 183 valence electrons. The number of hydrogen-bond donors (Lipinski definition) is 0. The Hall–Kier alpha value is -3.95. The van der Waals surface area contributed by atoms with Crippen molar-refractivity contribution < 1.29 is 20.1 Å². The SMILES string of the molecule is Clc1cc2cccnc2c2ncccc12.[Ir].[c-]1ccccc1-c1cc2c3c(cccc3n1)-c1ccccc1-2. The van der Waals surface area contributed by atoms with E-state index in [1.165, 1.54) is 27.6 Å². The van der Waals surface area contributed by atoms with E-state index in [1.807, 2.05) is 48.5 Å². The first-order valence-corrected chi connectivity index (χ1v) is 12.4. The predicted octanol–water partition coefficient (Wildman–Crippen LogP) is 8.78. The largest absolute Gasteiger partial charge is 0.296 e. The smallest absolute Gasteiger partial charge is 0.0979 e. The van der Waals surface area contributed by atoms with Gasteiger partial charge in [0, 0.05) is 48.7 Å². The van der Waals surface area contributed by atoms with Crippen LogP contribution in [0.15, 0.2) is 116 Å². The summed E-state index contributed by atoms with van der Waals surface area (Å²) in [5.74, 6) is 0. The molecule has 1 radical (unpaired) electrons. The molecule has 0 saturated carbocycles. The minimum Gasteiger partial charge on any atom is -0.296 e. The number of aromatic nitrogens is 3. The summed E-state index contributed by atoms with van der Waals surface area (Å²) in [5, 5.41) is 3.96. The van der Waals surface area contributed by atoms with Crippen LogP contribution in [0.25, 0.3) is 66.2 Å². The zero-order valence-corrected chi connectivity index (χ0v) is 23.2. The van der Waals surface area contributed by atoms with Gasteiger partial charge in [-0.25, -0.2) is 0 Å². The van der Waals surface area contributed by atoms with Crippen molar-refractivity contribution in [2.75, 3.05) is 0 Å². The summed E-state index contributed by atoms with van der Waals surface area (Å²) in [5.41, 5.74) is 10.0. The van der Waals surface area contributed by atoms with Crippen LogP contribution in [-0.4, -0.2) is 15.0 Å². The Bertz CT molecular complexity index is 1950. The molecule has 0 saturated heterocycles. The van der Waals surface area contributed by atoms with Gasteiger partial charge in [0.25, 0.3) is 0 Å². The number of hydrogen-bond acceptors (Lipinski definition) is 3. The molecule has 3 heterocycles. The first-order chi connectivity index (χ1) is 18.3. The molecule has 4 aromatic carbocycles. The zero-order valence-electron chi connectivity index (χ0n) is 20.0. The van der Waals surface area contributed by atoms with Gasteiger partial charge in [-0.05, 0) is 58.3 Å². The van der Waals surface area contributed by atoms with Gasteiger partial charge in [0.2, 0.25) is 0 Å². The van der Waals surface area contributed by atoms with Gasteiger partial charge < -0.3 is 0 Å². The molecule has 3 aromatic heterocycles. The van der Waals surface area contributed by atoms with Crippen molar-refractivity contribution in [1.29, 1.82) is 0 Å². The van der Waals surface area contributed by atoms with Crippen molar-refractivity contribution in [3.8, 4) is 33.5 Å². The molecule has 0 unspecified atom stereocenters. The molecular formula is C33H19ClIrN3-. The third kappa shape index (κ3) is 4.08. The van der Waals surface area contributed by atoms with Gasteiger partial charge in [0.05, 0.1) is 21.6 Å². The van der Waals surface area contributed by atoms with Gasteiger partial charge in [0.15, 0.2) is 0 Å². The standard InChI is InChI=1S/C21H12N.C12H7ClN2.Ir/c1-2-7-14(8-3-1)20-13-18-16-10-5-4-9-15(16)17-11-6-12-19(22-20)21(17)18;13-10-7-8-3-1-5-14-11(8)12-9(10)4-2-6-15-12;/h1-7,9-13H;1-7H;/q-1;;. The molecule has 38 heavy (non-hydrogen) atoms. The Morgan fingerprint density at radius 3 is 2.18 bits per heavy atom. The summed E-state index contributed by atoms with van der Waals surface area (Å²) in [7, 11) is 0. The fourth-order valence-electron chi connectivity index (χ4n) is 5.10. The molecule has 0 fully saturated rings. The van der Waals surface area contributed by atoms with E-state index >= 15 is 0 Å². The summed E-state index contributed by atoms with van der Waals surface area (Å²) >= 11 is 6.17. The third-order valence-corrected chi connectivity index (χ3v) is 7.05. The molecule has 0 atom stereocenters. The first-order valence-electron chi connectivity index (χ1n) is 12.1. The third-order valence-electron chi connectivity index (χ3n) is 6.74. The van der Waals surface area contributed by atoms with Crippen LogP contribution in [0, 0.1) is 6.07 Å². The van der Waals surface area contributed by atoms with Crippen molar-refractivity contribution >= 4 is 44.3 Å². The number of nitrogens with zero attached hydrogens (tertiary/aromatic N) is 3. The minimum absolute atomic E-state index is 0. The van der Waals surface area contributed by atoms with Crippen LogP contribution in [0.1, 0.15) is 0 Å². The van der Waals surface area contributed by atoms with E-state index in [0.717, 1.165) is 43.6 Å². The molecule has 0 aliphatic heterocycles. The Labute approximate surface area is 238 Å². The topological polar surface area (TPSA) is 38.7 Å². The minimum atomic E-state index is 0. The molecule has 1 aliphatic carbocycles. The maximum absolute atomic E-state index is 6.17. The molecular weight excluding hydrogens is 666 g/mol. The monoisotopic (exact) mass is 685 g/mol. The van der Waals surface area contributed by atoms with Crippen LogP contribution in [0.2, 0.25) is 5.02 Å².